The SMILES string of the molecule is CC(C)(C)C1(C(=O)O)CNC(=O)N1. The first-order valence-corrected chi connectivity index (χ1v) is 4.09. The van der Waals surface area contributed by atoms with Crippen molar-refractivity contribution >= 4 is 12.0 Å². The van der Waals surface area contributed by atoms with Crippen molar-refractivity contribution in [2.24, 2.45) is 5.41 Å². The molecule has 0 aromatic heterocycles. The highest BCUT2D eigenvalue weighted by atomic mass is 16.4. The van der Waals surface area contributed by atoms with Gasteiger partial charge in [-0.05, 0) is 5.41 Å². The standard InChI is InChI=1S/C8H14N2O3/c1-7(2,3)8(5(11)12)4-9-6(13)10-8/h4H2,1-3H3,(H,11,12)(H2,9,10,13). The van der Waals surface area contributed by atoms with Crippen molar-refractivity contribution in [1.82, 2.24) is 10.6 Å². The fourth-order valence-electron chi connectivity index (χ4n) is 1.40. The number of hydrogen-bond donors (Lipinski definition) is 3. The third-order valence-corrected chi connectivity index (χ3v) is 2.49. The molecule has 1 aliphatic heterocycles. The van der Waals surface area contributed by atoms with Crippen molar-refractivity contribution in [3.05, 3.63) is 0 Å². The summed E-state index contributed by atoms with van der Waals surface area (Å²) in [6.45, 7) is 5.49. The number of rotatable bonds is 1. The average molecular weight is 186 g/mol. The van der Waals surface area contributed by atoms with Gasteiger partial charge in [0.15, 0.2) is 5.54 Å². The van der Waals surface area contributed by atoms with Crippen molar-refractivity contribution < 1.29 is 14.7 Å². The zero-order valence-electron chi connectivity index (χ0n) is 7.97. The maximum absolute atomic E-state index is 11.1. The van der Waals surface area contributed by atoms with Crippen LogP contribution in [0.5, 0.6) is 0 Å². The molecule has 1 atom stereocenters. The monoisotopic (exact) mass is 186 g/mol. The van der Waals surface area contributed by atoms with E-state index in [-0.39, 0.29) is 6.54 Å². The molecule has 1 rings (SSSR count). The Morgan fingerprint density at radius 1 is 1.54 bits per heavy atom. The lowest BCUT2D eigenvalue weighted by Crippen LogP contribution is -2.60. The van der Waals surface area contributed by atoms with E-state index in [4.69, 9.17) is 5.11 Å². The van der Waals surface area contributed by atoms with Crippen LogP contribution in [0.1, 0.15) is 20.8 Å². The number of carboxylic acid groups (broad SMARTS) is 1. The molecule has 1 aliphatic rings. The first-order valence-electron chi connectivity index (χ1n) is 4.09. The second-order valence-corrected chi connectivity index (χ2v) is 4.27. The van der Waals surface area contributed by atoms with Gasteiger partial charge in [0.1, 0.15) is 0 Å². The molecule has 0 saturated carbocycles. The van der Waals surface area contributed by atoms with Crippen LogP contribution in [0, 0.1) is 5.41 Å². The van der Waals surface area contributed by atoms with Gasteiger partial charge >= 0.3 is 12.0 Å². The van der Waals surface area contributed by atoms with Crippen LogP contribution in [0.2, 0.25) is 0 Å². The summed E-state index contributed by atoms with van der Waals surface area (Å²) >= 11 is 0. The molecule has 74 valence electrons. The summed E-state index contributed by atoms with van der Waals surface area (Å²) in [7, 11) is 0. The van der Waals surface area contributed by atoms with E-state index in [0.717, 1.165) is 0 Å². The van der Waals surface area contributed by atoms with Crippen LogP contribution in [-0.2, 0) is 4.79 Å². The second-order valence-electron chi connectivity index (χ2n) is 4.27. The summed E-state index contributed by atoms with van der Waals surface area (Å²) in [5, 5.41) is 14.0. The molecule has 3 N–H and O–H groups in total. The van der Waals surface area contributed by atoms with Crippen LogP contribution >= 0.6 is 0 Å². The fourth-order valence-corrected chi connectivity index (χ4v) is 1.40. The highest BCUT2D eigenvalue weighted by molar-refractivity contribution is 5.91. The highest BCUT2D eigenvalue weighted by Gasteiger charge is 2.53. The van der Waals surface area contributed by atoms with Crippen molar-refractivity contribution in [3.8, 4) is 0 Å². The number of aliphatic carboxylic acids is 1. The largest absolute Gasteiger partial charge is 0.479 e. The number of carboxylic acids is 1. The van der Waals surface area contributed by atoms with Gasteiger partial charge in [0.25, 0.3) is 0 Å². The molecule has 0 aliphatic carbocycles. The van der Waals surface area contributed by atoms with Gasteiger partial charge in [0, 0.05) is 0 Å². The fraction of sp³-hybridized carbons (Fsp3) is 0.750. The van der Waals surface area contributed by atoms with E-state index in [9.17, 15) is 9.59 Å². The van der Waals surface area contributed by atoms with E-state index in [2.05, 4.69) is 10.6 Å². The van der Waals surface area contributed by atoms with E-state index in [1.54, 1.807) is 20.8 Å². The number of nitrogens with one attached hydrogen (secondary N) is 2. The molecule has 1 fully saturated rings. The molecule has 1 saturated heterocycles. The normalized spacial score (nSPS) is 28.1. The van der Waals surface area contributed by atoms with Crippen LogP contribution in [-0.4, -0.2) is 29.2 Å². The van der Waals surface area contributed by atoms with Gasteiger partial charge in [0.2, 0.25) is 0 Å². The first kappa shape index (κ1) is 9.83. The van der Waals surface area contributed by atoms with Crippen molar-refractivity contribution in [3.63, 3.8) is 0 Å². The minimum Gasteiger partial charge on any atom is -0.479 e. The Balaban J connectivity index is 3.04. The summed E-state index contributed by atoms with van der Waals surface area (Å²) in [5.74, 6) is -1.00. The Hall–Kier alpha value is -1.26. The number of amides is 2. The summed E-state index contributed by atoms with van der Waals surface area (Å²) in [6.07, 6.45) is 0. The molecular formula is C8H14N2O3. The molecule has 5 nitrogen and oxygen atoms in total. The van der Waals surface area contributed by atoms with Gasteiger partial charge in [-0.15, -0.1) is 0 Å². The van der Waals surface area contributed by atoms with Crippen molar-refractivity contribution in [1.29, 1.82) is 0 Å². The highest BCUT2D eigenvalue weighted by Crippen LogP contribution is 2.32. The number of carbonyl (C=O) groups excluding carboxylic acids is 1. The average Bonchev–Trinajstić information content (AvgIpc) is 2.30. The minimum atomic E-state index is -1.19. The number of urea groups is 1. The zero-order valence-corrected chi connectivity index (χ0v) is 7.97. The third-order valence-electron chi connectivity index (χ3n) is 2.49. The Morgan fingerprint density at radius 3 is 2.23 bits per heavy atom. The Morgan fingerprint density at radius 2 is 2.08 bits per heavy atom. The van der Waals surface area contributed by atoms with E-state index < -0.39 is 23.0 Å². The lowest BCUT2D eigenvalue weighted by Gasteiger charge is -2.36. The quantitative estimate of drug-likeness (QED) is 0.546. The third kappa shape index (κ3) is 1.34. The molecule has 0 bridgehead atoms. The first-order chi connectivity index (χ1) is 5.79. The maximum Gasteiger partial charge on any atom is 0.331 e. The summed E-state index contributed by atoms with van der Waals surface area (Å²) in [6, 6.07) is -0.419. The zero-order chi connectivity index (χ0) is 10.3. The van der Waals surface area contributed by atoms with Crippen LogP contribution in [0.25, 0.3) is 0 Å². The van der Waals surface area contributed by atoms with Crippen molar-refractivity contribution in [2.45, 2.75) is 26.3 Å². The van der Waals surface area contributed by atoms with Crippen molar-refractivity contribution in [2.75, 3.05) is 6.54 Å². The molecule has 13 heavy (non-hydrogen) atoms. The molecule has 1 heterocycles. The van der Waals surface area contributed by atoms with Gasteiger partial charge in [0.05, 0.1) is 6.54 Å². The Bertz CT molecular complexity index is 257. The lowest BCUT2D eigenvalue weighted by molar-refractivity contribution is -0.148. The predicted octanol–water partition coefficient (Wildman–Crippen LogP) is 0.169. The van der Waals surface area contributed by atoms with Crippen LogP contribution in [0.3, 0.4) is 0 Å². The summed E-state index contributed by atoms with van der Waals surface area (Å²) in [5.41, 5.74) is -1.71. The molecule has 0 radical (unpaired) electrons. The van der Waals surface area contributed by atoms with Gasteiger partial charge in [-0.2, -0.15) is 0 Å². The second kappa shape index (κ2) is 2.61. The van der Waals surface area contributed by atoms with Gasteiger partial charge in [-0.1, -0.05) is 20.8 Å². The maximum atomic E-state index is 11.1. The molecule has 0 aromatic carbocycles. The number of carbonyl (C=O) groups is 2. The molecule has 0 aromatic rings. The van der Waals surface area contributed by atoms with Crippen LogP contribution in [0.15, 0.2) is 0 Å². The van der Waals surface area contributed by atoms with Gasteiger partial charge in [-0.25, -0.2) is 9.59 Å². The van der Waals surface area contributed by atoms with E-state index in [1.807, 2.05) is 0 Å². The molecule has 5 heteroatoms. The summed E-state index contributed by atoms with van der Waals surface area (Å²) in [4.78, 5) is 22.0. The minimum absolute atomic E-state index is 0.130. The lowest BCUT2D eigenvalue weighted by atomic mass is 9.74. The van der Waals surface area contributed by atoms with Gasteiger partial charge in [-0.3, -0.25) is 0 Å². The van der Waals surface area contributed by atoms with E-state index >= 15 is 0 Å². The van der Waals surface area contributed by atoms with E-state index in [0.29, 0.717) is 0 Å². The van der Waals surface area contributed by atoms with Crippen LogP contribution in [0.4, 0.5) is 4.79 Å². The predicted molar refractivity (Wildman–Crippen MR) is 46.4 cm³/mol. The van der Waals surface area contributed by atoms with Gasteiger partial charge < -0.3 is 15.7 Å². The molecular weight excluding hydrogens is 172 g/mol. The summed E-state index contributed by atoms with van der Waals surface area (Å²) < 4.78 is 0. The Labute approximate surface area is 76.5 Å². The van der Waals surface area contributed by atoms with E-state index in [1.165, 1.54) is 0 Å². The number of hydrogen-bond acceptors (Lipinski definition) is 2. The molecule has 2 amide bonds. The molecule has 1 unspecified atom stereocenters. The van der Waals surface area contributed by atoms with Crippen LogP contribution < -0.4 is 10.6 Å². The smallest absolute Gasteiger partial charge is 0.331 e. The topological polar surface area (TPSA) is 78.4 Å². The Kier molecular flexibility index (Phi) is 1.98. The molecule has 0 spiro atoms.